The number of nitrogens with one attached hydrogen (secondary N) is 1. The molecule has 1 amide bonds. The first-order chi connectivity index (χ1) is 15.7. The number of hydrogen-bond donors (Lipinski definition) is 5. The zero-order valence-electron chi connectivity index (χ0n) is 17.3. The summed E-state index contributed by atoms with van der Waals surface area (Å²) in [6.45, 7) is -0.698. The number of carbonyl (C=O) groups is 2. The summed E-state index contributed by atoms with van der Waals surface area (Å²) in [6, 6.07) is -0.994. The maximum atomic E-state index is 12.7. The van der Waals surface area contributed by atoms with E-state index in [1.165, 1.54) is 29.0 Å². The minimum Gasteiger partial charge on any atom is -0.455 e. The lowest BCUT2D eigenvalue weighted by atomic mass is 10.1. The lowest BCUT2D eigenvalue weighted by Gasteiger charge is -2.23. The summed E-state index contributed by atoms with van der Waals surface area (Å²) in [7, 11) is -4.89. The van der Waals surface area contributed by atoms with Crippen LogP contribution in [0.3, 0.4) is 0 Å². The maximum Gasteiger partial charge on any atom is 0.469 e. The Bertz CT molecular complexity index is 1040. The number of esters is 1. The number of phosphoric ester groups is 1. The Morgan fingerprint density at radius 2 is 2.21 bits per heavy atom. The van der Waals surface area contributed by atoms with Crippen molar-refractivity contribution in [3.05, 3.63) is 12.7 Å². The van der Waals surface area contributed by atoms with E-state index in [2.05, 4.69) is 24.8 Å². The number of carbonyl (C=O) groups excluding carboxylic acids is 2. The third-order valence-electron chi connectivity index (χ3n) is 4.79. The number of nitrogens with zero attached hydrogens (tertiary/aromatic N) is 4. The average molecular weight is 506 g/mol. The fraction of sp³-hybridized carbons (Fsp3) is 0.562. The SMILES string of the molecule is CSCC[C@H](NC=O)C(=O)O[C@H]1[C@@H](O)[C@H](n2cnc3c(N)ncnc32)O[C@@H]1COP(=O)(O)O. The Hall–Kier alpha value is -2.33. The van der Waals surface area contributed by atoms with E-state index in [-0.39, 0.29) is 23.4 Å². The third-order valence-corrected chi connectivity index (χ3v) is 5.92. The van der Waals surface area contributed by atoms with Gasteiger partial charge < -0.3 is 35.4 Å². The van der Waals surface area contributed by atoms with Crippen LogP contribution in [0.2, 0.25) is 0 Å². The van der Waals surface area contributed by atoms with Crippen molar-refractivity contribution in [1.29, 1.82) is 0 Å². The number of amides is 1. The molecule has 0 bridgehead atoms. The van der Waals surface area contributed by atoms with Crippen LogP contribution in [0.25, 0.3) is 11.2 Å². The predicted molar refractivity (Wildman–Crippen MR) is 114 cm³/mol. The van der Waals surface area contributed by atoms with Crippen molar-refractivity contribution in [2.45, 2.75) is 37.0 Å². The van der Waals surface area contributed by atoms with Crippen molar-refractivity contribution >= 4 is 48.9 Å². The van der Waals surface area contributed by atoms with Crippen molar-refractivity contribution in [3.8, 4) is 0 Å². The highest BCUT2D eigenvalue weighted by Gasteiger charge is 2.49. The Morgan fingerprint density at radius 3 is 2.88 bits per heavy atom. The molecule has 1 saturated heterocycles. The van der Waals surface area contributed by atoms with Crippen LogP contribution in [0, 0.1) is 0 Å². The molecule has 15 nitrogen and oxygen atoms in total. The standard InChI is InChI=1S/C16H23N6O9PS/c1-33-3-2-8(21-7-23)16(25)31-12-9(4-29-32(26,27)28)30-15(11(12)24)22-6-20-10-13(17)18-5-19-14(10)22/h5-9,11-12,15,24H,2-4H2,1H3,(H,21,23)(H2,17,18,19)(H2,26,27,28)/t8-,9+,11+,12+,15+/m0/s1. The van der Waals surface area contributed by atoms with Gasteiger partial charge in [-0.15, -0.1) is 0 Å². The summed E-state index contributed by atoms with van der Waals surface area (Å²) < 4.78 is 28.2. The number of ether oxygens (including phenoxy) is 2. The summed E-state index contributed by atoms with van der Waals surface area (Å²) in [5.74, 6) is -0.223. The molecule has 1 fully saturated rings. The molecule has 3 heterocycles. The third kappa shape index (κ3) is 5.97. The summed E-state index contributed by atoms with van der Waals surface area (Å²) in [5, 5.41) is 13.3. The van der Waals surface area contributed by atoms with Crippen LogP contribution in [0.4, 0.5) is 5.82 Å². The number of imidazole rings is 1. The van der Waals surface area contributed by atoms with Gasteiger partial charge in [0.2, 0.25) is 6.41 Å². The molecule has 2 aromatic rings. The van der Waals surface area contributed by atoms with Crippen LogP contribution in [-0.2, 0) is 28.2 Å². The first-order valence-electron chi connectivity index (χ1n) is 9.52. The molecule has 6 N–H and O–H groups in total. The topological polar surface area (TPSA) is 221 Å². The number of aromatic nitrogens is 4. The second kappa shape index (κ2) is 10.7. The number of rotatable bonds is 11. The molecule has 3 rings (SSSR count). The van der Waals surface area contributed by atoms with Crippen molar-refractivity contribution in [2.24, 2.45) is 0 Å². The molecule has 182 valence electrons. The monoisotopic (exact) mass is 506 g/mol. The van der Waals surface area contributed by atoms with E-state index < -0.39 is 51.0 Å². The normalized spacial score (nSPS) is 24.0. The fourth-order valence-electron chi connectivity index (χ4n) is 3.26. The van der Waals surface area contributed by atoms with Gasteiger partial charge in [-0.3, -0.25) is 13.9 Å². The fourth-order valence-corrected chi connectivity index (χ4v) is 4.07. The number of thioether (sulfide) groups is 1. The van der Waals surface area contributed by atoms with Gasteiger partial charge in [0.1, 0.15) is 30.1 Å². The summed E-state index contributed by atoms with van der Waals surface area (Å²) >= 11 is 1.45. The number of phosphoric acid groups is 1. The second-order valence-electron chi connectivity index (χ2n) is 6.95. The zero-order chi connectivity index (χ0) is 24.2. The van der Waals surface area contributed by atoms with Crippen LogP contribution in [0.1, 0.15) is 12.6 Å². The van der Waals surface area contributed by atoms with Crippen LogP contribution < -0.4 is 11.1 Å². The highest BCUT2D eigenvalue weighted by Crippen LogP contribution is 2.39. The molecule has 5 atom stereocenters. The number of aliphatic hydroxyl groups is 1. The minimum absolute atomic E-state index is 0.0900. The van der Waals surface area contributed by atoms with E-state index in [0.717, 1.165) is 0 Å². The first-order valence-corrected chi connectivity index (χ1v) is 12.4. The molecule has 0 spiro atoms. The van der Waals surface area contributed by atoms with Gasteiger partial charge in [-0.2, -0.15) is 11.8 Å². The lowest BCUT2D eigenvalue weighted by Crippen LogP contribution is -2.44. The Balaban J connectivity index is 1.86. The molecule has 1 aliphatic heterocycles. The number of nitrogens with two attached hydrogens (primary N) is 1. The highest BCUT2D eigenvalue weighted by molar-refractivity contribution is 7.98. The number of hydrogen-bond acceptors (Lipinski definition) is 12. The van der Waals surface area contributed by atoms with Crippen molar-refractivity contribution in [2.75, 3.05) is 24.3 Å². The van der Waals surface area contributed by atoms with Crippen molar-refractivity contribution in [1.82, 2.24) is 24.8 Å². The Labute approximate surface area is 191 Å². The van der Waals surface area contributed by atoms with Gasteiger partial charge in [0.25, 0.3) is 0 Å². The van der Waals surface area contributed by atoms with Crippen LogP contribution >= 0.6 is 19.6 Å². The van der Waals surface area contributed by atoms with Crippen LogP contribution in [0.15, 0.2) is 12.7 Å². The molecule has 2 aromatic heterocycles. The Kier molecular flexibility index (Phi) is 8.23. The van der Waals surface area contributed by atoms with Gasteiger partial charge >= 0.3 is 13.8 Å². The van der Waals surface area contributed by atoms with E-state index in [9.17, 15) is 19.3 Å². The van der Waals surface area contributed by atoms with Gasteiger partial charge in [-0.1, -0.05) is 0 Å². The molecule has 0 saturated carbocycles. The van der Waals surface area contributed by atoms with Crippen LogP contribution in [-0.4, -0.2) is 89.8 Å². The number of nitrogen functional groups attached to an aromatic ring is 1. The zero-order valence-corrected chi connectivity index (χ0v) is 19.0. The molecular formula is C16H23N6O9PS. The van der Waals surface area contributed by atoms with E-state index in [0.29, 0.717) is 12.2 Å². The molecular weight excluding hydrogens is 483 g/mol. The molecule has 33 heavy (non-hydrogen) atoms. The quantitative estimate of drug-likeness (QED) is 0.134. The molecule has 17 heteroatoms. The smallest absolute Gasteiger partial charge is 0.455 e. The largest absolute Gasteiger partial charge is 0.469 e. The molecule has 0 unspecified atom stereocenters. The second-order valence-corrected chi connectivity index (χ2v) is 9.17. The lowest BCUT2D eigenvalue weighted by molar-refractivity contribution is -0.159. The first kappa shape index (κ1) is 25.3. The Morgan fingerprint density at radius 1 is 1.45 bits per heavy atom. The van der Waals surface area contributed by atoms with Crippen LogP contribution in [0.5, 0.6) is 0 Å². The van der Waals surface area contributed by atoms with Gasteiger partial charge in [-0.05, 0) is 18.4 Å². The molecule has 0 radical (unpaired) electrons. The summed E-state index contributed by atoms with van der Waals surface area (Å²) in [4.78, 5) is 53.6. The van der Waals surface area contributed by atoms with Gasteiger partial charge in [0, 0.05) is 0 Å². The van der Waals surface area contributed by atoms with Gasteiger partial charge in [0.15, 0.2) is 23.8 Å². The number of fused-ring (bicyclic) bond motifs is 1. The van der Waals surface area contributed by atoms with E-state index >= 15 is 0 Å². The predicted octanol–water partition coefficient (Wildman–Crippen LogP) is -1.44. The summed E-state index contributed by atoms with van der Waals surface area (Å²) in [5.41, 5.74) is 6.23. The van der Waals surface area contributed by atoms with E-state index in [4.69, 9.17) is 25.0 Å². The minimum atomic E-state index is -4.89. The maximum absolute atomic E-state index is 12.7. The van der Waals surface area contributed by atoms with E-state index in [1.54, 1.807) is 0 Å². The molecule has 0 aliphatic carbocycles. The molecule has 1 aliphatic rings. The molecule has 0 aromatic carbocycles. The number of aliphatic hydroxyl groups excluding tert-OH is 1. The summed E-state index contributed by atoms with van der Waals surface area (Å²) in [6.07, 6.45) is -0.476. The van der Waals surface area contributed by atoms with Crippen molar-refractivity contribution in [3.63, 3.8) is 0 Å². The highest BCUT2D eigenvalue weighted by atomic mass is 32.2. The average Bonchev–Trinajstić information content (AvgIpc) is 3.31. The number of anilines is 1. The van der Waals surface area contributed by atoms with Gasteiger partial charge in [-0.25, -0.2) is 24.3 Å². The van der Waals surface area contributed by atoms with E-state index in [1.807, 2.05) is 6.26 Å². The van der Waals surface area contributed by atoms with Crippen molar-refractivity contribution < 1.29 is 43.0 Å². The van der Waals surface area contributed by atoms with Gasteiger partial charge in [0.05, 0.1) is 12.9 Å².